The van der Waals surface area contributed by atoms with Gasteiger partial charge in [-0.05, 0) is 50.4 Å². The second-order valence-corrected chi connectivity index (χ2v) is 6.64. The van der Waals surface area contributed by atoms with Gasteiger partial charge in [0.15, 0.2) is 0 Å². The van der Waals surface area contributed by atoms with E-state index < -0.39 is 0 Å². The van der Waals surface area contributed by atoms with Crippen molar-refractivity contribution in [3.63, 3.8) is 0 Å². The maximum absolute atomic E-state index is 4.52. The van der Waals surface area contributed by atoms with Gasteiger partial charge >= 0.3 is 0 Å². The van der Waals surface area contributed by atoms with Crippen LogP contribution in [0.2, 0.25) is 0 Å². The van der Waals surface area contributed by atoms with Crippen LogP contribution in [0.25, 0.3) is 0 Å². The first-order valence-corrected chi connectivity index (χ1v) is 8.00. The lowest BCUT2D eigenvalue weighted by Gasteiger charge is -2.37. The molecule has 0 aromatic carbocycles. The monoisotopic (exact) mass is 261 g/mol. The maximum Gasteiger partial charge on any atom is 0.0853 e. The van der Waals surface area contributed by atoms with Crippen molar-refractivity contribution < 1.29 is 0 Å². The summed E-state index contributed by atoms with van der Waals surface area (Å²) < 4.78 is 1.93. The second kappa shape index (κ2) is 5.18. The topological polar surface area (TPSA) is 29.9 Å². The molecule has 1 spiro atoms. The third-order valence-electron chi connectivity index (χ3n) is 5.31. The molecule has 19 heavy (non-hydrogen) atoms. The third kappa shape index (κ3) is 2.65. The van der Waals surface area contributed by atoms with Crippen LogP contribution in [0.1, 0.15) is 64.0 Å². The van der Waals surface area contributed by atoms with E-state index in [1.165, 1.54) is 62.7 Å². The highest BCUT2D eigenvalue weighted by Gasteiger charge is 2.37. The Labute approximate surface area is 116 Å². The van der Waals surface area contributed by atoms with Gasteiger partial charge in [0.05, 0.1) is 11.4 Å². The van der Waals surface area contributed by atoms with Crippen LogP contribution in [0.4, 0.5) is 5.69 Å². The van der Waals surface area contributed by atoms with E-state index in [4.69, 9.17) is 0 Å². The minimum absolute atomic E-state index is 0.667. The predicted octanol–water partition coefficient (Wildman–Crippen LogP) is 3.90. The molecule has 2 aliphatic rings. The number of hydrogen-bond acceptors (Lipinski definition) is 2. The van der Waals surface area contributed by atoms with Crippen molar-refractivity contribution >= 4 is 5.69 Å². The van der Waals surface area contributed by atoms with Crippen LogP contribution in [0.15, 0.2) is 6.20 Å². The molecule has 2 aliphatic carbocycles. The summed E-state index contributed by atoms with van der Waals surface area (Å²) in [5.74, 6) is 0. The highest BCUT2D eigenvalue weighted by atomic mass is 15.3. The third-order valence-corrected chi connectivity index (χ3v) is 5.31. The molecule has 3 heteroatoms. The van der Waals surface area contributed by atoms with E-state index in [-0.39, 0.29) is 0 Å². The van der Waals surface area contributed by atoms with Gasteiger partial charge in [-0.25, -0.2) is 0 Å². The summed E-state index contributed by atoms with van der Waals surface area (Å²) in [5, 5.41) is 8.26. The van der Waals surface area contributed by atoms with Crippen LogP contribution in [0.3, 0.4) is 0 Å². The minimum atomic E-state index is 0.667. The van der Waals surface area contributed by atoms with E-state index in [2.05, 4.69) is 23.5 Å². The smallest absolute Gasteiger partial charge is 0.0853 e. The molecular weight excluding hydrogens is 234 g/mol. The molecule has 0 atom stereocenters. The van der Waals surface area contributed by atoms with Gasteiger partial charge in [-0.15, -0.1) is 0 Å². The molecule has 1 aromatic rings. The molecule has 0 radical (unpaired) electrons. The van der Waals surface area contributed by atoms with Crippen molar-refractivity contribution in [2.45, 2.75) is 70.8 Å². The largest absolute Gasteiger partial charge is 0.380 e. The fourth-order valence-electron chi connectivity index (χ4n) is 4.14. The first-order valence-electron chi connectivity index (χ1n) is 8.00. The zero-order valence-electron chi connectivity index (χ0n) is 12.4. The van der Waals surface area contributed by atoms with Crippen LogP contribution in [-0.4, -0.2) is 15.8 Å². The first-order chi connectivity index (χ1) is 9.21. The van der Waals surface area contributed by atoms with Gasteiger partial charge in [-0.3, -0.25) is 4.68 Å². The Morgan fingerprint density at radius 3 is 2.58 bits per heavy atom. The molecule has 2 fully saturated rings. The molecule has 1 N–H and O–H groups in total. The Morgan fingerprint density at radius 2 is 1.95 bits per heavy atom. The summed E-state index contributed by atoms with van der Waals surface area (Å²) in [7, 11) is 2.01. The molecule has 0 bridgehead atoms. The number of anilines is 1. The van der Waals surface area contributed by atoms with E-state index >= 15 is 0 Å². The SMILES string of the molecule is CCc1nn(C)cc1NC1CCC2(CCCC2)CC1. The predicted molar refractivity (Wildman–Crippen MR) is 79.4 cm³/mol. The van der Waals surface area contributed by atoms with E-state index in [1.54, 1.807) is 0 Å². The molecular formula is C16H27N3. The molecule has 1 aromatic heterocycles. The van der Waals surface area contributed by atoms with Gasteiger partial charge in [-0.2, -0.15) is 5.10 Å². The van der Waals surface area contributed by atoms with Crippen molar-refractivity contribution in [3.05, 3.63) is 11.9 Å². The fraction of sp³-hybridized carbons (Fsp3) is 0.812. The Bertz CT molecular complexity index is 419. The molecule has 1 heterocycles. The average molecular weight is 261 g/mol. The first kappa shape index (κ1) is 13.0. The molecule has 3 nitrogen and oxygen atoms in total. The molecule has 106 valence electrons. The van der Waals surface area contributed by atoms with E-state index in [0.29, 0.717) is 6.04 Å². The summed E-state index contributed by atoms with van der Waals surface area (Å²) in [6, 6.07) is 0.667. The zero-order chi connectivity index (χ0) is 13.3. The van der Waals surface area contributed by atoms with Crippen LogP contribution in [-0.2, 0) is 13.5 Å². The number of aryl methyl sites for hydroxylation is 2. The molecule has 2 saturated carbocycles. The van der Waals surface area contributed by atoms with Gasteiger partial charge < -0.3 is 5.32 Å². The van der Waals surface area contributed by atoms with Crippen molar-refractivity contribution in [2.75, 3.05) is 5.32 Å². The molecule has 0 aliphatic heterocycles. The Morgan fingerprint density at radius 1 is 1.26 bits per heavy atom. The Kier molecular flexibility index (Phi) is 3.55. The van der Waals surface area contributed by atoms with Crippen molar-refractivity contribution in [1.82, 2.24) is 9.78 Å². The van der Waals surface area contributed by atoms with Gasteiger partial charge in [0.25, 0.3) is 0 Å². The quantitative estimate of drug-likeness (QED) is 0.894. The van der Waals surface area contributed by atoms with E-state index in [9.17, 15) is 0 Å². The minimum Gasteiger partial charge on any atom is -0.380 e. The van der Waals surface area contributed by atoms with Crippen LogP contribution < -0.4 is 5.32 Å². The number of rotatable bonds is 3. The average Bonchev–Trinajstić information content (AvgIpc) is 3.00. The molecule has 0 unspecified atom stereocenters. The van der Waals surface area contributed by atoms with Crippen molar-refractivity contribution in [2.24, 2.45) is 12.5 Å². The highest BCUT2D eigenvalue weighted by molar-refractivity contribution is 5.47. The Balaban J connectivity index is 1.59. The van der Waals surface area contributed by atoms with Crippen molar-refractivity contribution in [1.29, 1.82) is 0 Å². The normalized spacial score (nSPS) is 23.1. The summed E-state index contributed by atoms with van der Waals surface area (Å²) >= 11 is 0. The number of aromatic nitrogens is 2. The van der Waals surface area contributed by atoms with Crippen LogP contribution in [0.5, 0.6) is 0 Å². The lowest BCUT2D eigenvalue weighted by Crippen LogP contribution is -2.31. The lowest BCUT2D eigenvalue weighted by molar-refractivity contribution is 0.188. The van der Waals surface area contributed by atoms with Crippen molar-refractivity contribution in [3.8, 4) is 0 Å². The van der Waals surface area contributed by atoms with Crippen LogP contribution >= 0.6 is 0 Å². The molecule has 0 saturated heterocycles. The van der Waals surface area contributed by atoms with E-state index in [1.807, 2.05) is 11.7 Å². The number of nitrogens with one attached hydrogen (secondary N) is 1. The summed E-state index contributed by atoms with van der Waals surface area (Å²) in [4.78, 5) is 0. The number of hydrogen-bond donors (Lipinski definition) is 1. The maximum atomic E-state index is 4.52. The summed E-state index contributed by atoms with van der Waals surface area (Å²) in [6.07, 6.45) is 14.6. The summed E-state index contributed by atoms with van der Waals surface area (Å²) in [5.41, 5.74) is 3.21. The van der Waals surface area contributed by atoms with Gasteiger partial charge in [-0.1, -0.05) is 19.8 Å². The standard InChI is InChI=1S/C16H27N3/c1-3-14-15(12-19(2)18-14)17-13-6-10-16(11-7-13)8-4-5-9-16/h12-13,17H,3-11H2,1-2H3. The van der Waals surface area contributed by atoms with E-state index in [0.717, 1.165) is 11.8 Å². The highest BCUT2D eigenvalue weighted by Crippen LogP contribution is 2.49. The lowest BCUT2D eigenvalue weighted by atomic mass is 9.71. The van der Waals surface area contributed by atoms with Gasteiger partial charge in [0.2, 0.25) is 0 Å². The van der Waals surface area contributed by atoms with Crippen LogP contribution in [0, 0.1) is 5.41 Å². The number of nitrogens with zero attached hydrogens (tertiary/aromatic N) is 2. The zero-order valence-corrected chi connectivity index (χ0v) is 12.4. The summed E-state index contributed by atoms with van der Waals surface area (Å²) in [6.45, 7) is 2.18. The fourth-order valence-corrected chi connectivity index (χ4v) is 4.14. The van der Waals surface area contributed by atoms with Gasteiger partial charge in [0.1, 0.15) is 0 Å². The molecule has 0 amide bonds. The molecule has 3 rings (SSSR count). The second-order valence-electron chi connectivity index (χ2n) is 6.64. The van der Waals surface area contributed by atoms with Gasteiger partial charge in [0, 0.05) is 19.3 Å². The Hall–Kier alpha value is -0.990.